The van der Waals surface area contributed by atoms with Crippen molar-refractivity contribution in [2.75, 3.05) is 13.2 Å². The fourth-order valence-corrected chi connectivity index (χ4v) is 4.21. The van der Waals surface area contributed by atoms with Crippen molar-refractivity contribution in [3.63, 3.8) is 0 Å². The third-order valence-electron chi connectivity index (χ3n) is 5.77. The lowest BCUT2D eigenvalue weighted by Gasteiger charge is -2.36. The highest BCUT2D eigenvalue weighted by molar-refractivity contribution is 5.14. The molecule has 1 saturated carbocycles. The lowest BCUT2D eigenvalue weighted by molar-refractivity contribution is -0.00291. The van der Waals surface area contributed by atoms with E-state index in [2.05, 4.69) is 31.2 Å². The Labute approximate surface area is 150 Å². The van der Waals surface area contributed by atoms with Crippen LogP contribution in [0.3, 0.4) is 0 Å². The molecule has 2 N–H and O–H groups in total. The van der Waals surface area contributed by atoms with Crippen molar-refractivity contribution in [3.8, 4) is 0 Å². The van der Waals surface area contributed by atoms with Crippen LogP contribution in [0, 0.1) is 17.8 Å². The molecule has 3 atom stereocenters. The van der Waals surface area contributed by atoms with E-state index < -0.39 is 0 Å². The van der Waals surface area contributed by atoms with Crippen molar-refractivity contribution in [2.45, 2.75) is 44.8 Å². The highest BCUT2D eigenvalue weighted by Crippen LogP contribution is 2.37. The maximum atomic E-state index is 12.0. The predicted molar refractivity (Wildman–Crippen MR) is 101 cm³/mol. The molecule has 1 aromatic heterocycles. The molecule has 0 radical (unpaired) electrons. The molecule has 1 heterocycles. The van der Waals surface area contributed by atoms with Crippen molar-refractivity contribution in [1.29, 1.82) is 0 Å². The van der Waals surface area contributed by atoms with Crippen LogP contribution >= 0.6 is 0 Å². The van der Waals surface area contributed by atoms with E-state index in [4.69, 9.17) is 10.5 Å². The molecule has 4 heteroatoms. The van der Waals surface area contributed by atoms with Crippen molar-refractivity contribution < 1.29 is 4.74 Å². The fourth-order valence-electron chi connectivity index (χ4n) is 4.21. The second-order valence-corrected chi connectivity index (χ2v) is 7.41. The van der Waals surface area contributed by atoms with Crippen LogP contribution in [0.1, 0.15) is 38.6 Å². The number of nitrogens with zero attached hydrogens (tertiary/aromatic N) is 1. The Morgan fingerprint density at radius 2 is 1.96 bits per heavy atom. The van der Waals surface area contributed by atoms with Gasteiger partial charge in [0.25, 0.3) is 5.56 Å². The van der Waals surface area contributed by atoms with Gasteiger partial charge in [0, 0.05) is 18.8 Å². The topological polar surface area (TPSA) is 57.2 Å². The van der Waals surface area contributed by atoms with Crippen LogP contribution in [-0.4, -0.2) is 23.8 Å². The lowest BCUT2D eigenvalue weighted by Crippen LogP contribution is -2.34. The van der Waals surface area contributed by atoms with E-state index in [0.717, 1.165) is 18.8 Å². The Balaban J connectivity index is 1.49. The summed E-state index contributed by atoms with van der Waals surface area (Å²) in [4.78, 5) is 12.0. The highest BCUT2D eigenvalue weighted by Gasteiger charge is 2.29. The molecule has 0 saturated heterocycles. The molecular formula is C21H30N2O2. The standard InChI is InChI=1S/C21H30N2O2/c1-16-6-2-3-7-20(16)17-9-11-19(12-10-17)25-15-18(14-22)23-13-5-4-8-21(23)24/h2-8,13,16-20H,9-12,14-15,22H2,1H3/t16?,17?,18-,19?,20?/m1/s1. The number of aromatic nitrogens is 1. The van der Waals surface area contributed by atoms with Gasteiger partial charge in [0.2, 0.25) is 0 Å². The fraction of sp³-hybridized carbons (Fsp3) is 0.571. The van der Waals surface area contributed by atoms with Gasteiger partial charge in [0.1, 0.15) is 0 Å². The van der Waals surface area contributed by atoms with Gasteiger partial charge in [-0.3, -0.25) is 4.79 Å². The van der Waals surface area contributed by atoms with E-state index in [1.165, 1.54) is 12.8 Å². The Bertz CT molecular complexity index is 656. The van der Waals surface area contributed by atoms with Crippen molar-refractivity contribution in [1.82, 2.24) is 4.57 Å². The third kappa shape index (κ3) is 4.50. The molecule has 2 unspecified atom stereocenters. The molecule has 0 bridgehead atoms. The van der Waals surface area contributed by atoms with Crippen LogP contribution in [0.4, 0.5) is 0 Å². The molecule has 1 aromatic rings. The molecule has 0 spiro atoms. The first-order valence-electron chi connectivity index (χ1n) is 9.53. The summed E-state index contributed by atoms with van der Waals surface area (Å²) >= 11 is 0. The first-order chi connectivity index (χ1) is 12.2. The number of hydrogen-bond acceptors (Lipinski definition) is 3. The van der Waals surface area contributed by atoms with Crippen LogP contribution in [0.2, 0.25) is 0 Å². The number of ether oxygens (including phenoxy) is 1. The number of hydrogen-bond donors (Lipinski definition) is 1. The van der Waals surface area contributed by atoms with Gasteiger partial charge in [-0.25, -0.2) is 0 Å². The highest BCUT2D eigenvalue weighted by atomic mass is 16.5. The molecule has 0 aliphatic heterocycles. The zero-order chi connectivity index (χ0) is 17.6. The van der Waals surface area contributed by atoms with Crippen molar-refractivity contribution in [2.24, 2.45) is 23.5 Å². The van der Waals surface area contributed by atoms with Gasteiger partial charge in [0.15, 0.2) is 0 Å². The first-order valence-corrected chi connectivity index (χ1v) is 9.53. The maximum Gasteiger partial charge on any atom is 0.250 e. The third-order valence-corrected chi connectivity index (χ3v) is 5.77. The molecular weight excluding hydrogens is 312 g/mol. The minimum Gasteiger partial charge on any atom is -0.376 e. The molecule has 2 aliphatic carbocycles. The van der Waals surface area contributed by atoms with Crippen LogP contribution in [-0.2, 0) is 4.74 Å². The summed E-state index contributed by atoms with van der Waals surface area (Å²) < 4.78 is 7.82. The van der Waals surface area contributed by atoms with Gasteiger partial charge >= 0.3 is 0 Å². The minimum atomic E-state index is -0.0853. The van der Waals surface area contributed by atoms with E-state index in [9.17, 15) is 4.79 Å². The van der Waals surface area contributed by atoms with Crippen molar-refractivity contribution >= 4 is 0 Å². The van der Waals surface area contributed by atoms with E-state index in [-0.39, 0.29) is 11.6 Å². The lowest BCUT2D eigenvalue weighted by atomic mass is 9.72. The maximum absolute atomic E-state index is 12.0. The second kappa shape index (κ2) is 8.63. The number of rotatable bonds is 6. The molecule has 136 valence electrons. The second-order valence-electron chi connectivity index (χ2n) is 7.41. The summed E-state index contributed by atoms with van der Waals surface area (Å²) in [5.74, 6) is 2.07. The largest absolute Gasteiger partial charge is 0.376 e. The SMILES string of the molecule is CC1C=CC=CC1C1CCC(OC[C@@H](CN)n2ccccc2=O)CC1. The summed E-state index contributed by atoms with van der Waals surface area (Å²) in [6.07, 6.45) is 15.8. The van der Waals surface area contributed by atoms with E-state index >= 15 is 0 Å². The number of allylic oxidation sites excluding steroid dienone is 4. The normalized spacial score (nSPS) is 30.3. The van der Waals surface area contributed by atoms with Gasteiger partial charge in [0.05, 0.1) is 18.8 Å². The molecule has 25 heavy (non-hydrogen) atoms. The van der Waals surface area contributed by atoms with Crippen LogP contribution in [0.5, 0.6) is 0 Å². The summed E-state index contributed by atoms with van der Waals surface area (Å²) in [6.45, 7) is 3.24. The van der Waals surface area contributed by atoms with E-state index in [1.54, 1.807) is 22.9 Å². The summed E-state index contributed by atoms with van der Waals surface area (Å²) in [5, 5.41) is 0. The summed E-state index contributed by atoms with van der Waals surface area (Å²) in [5.41, 5.74) is 5.85. The smallest absolute Gasteiger partial charge is 0.250 e. The molecule has 4 nitrogen and oxygen atoms in total. The van der Waals surface area contributed by atoms with Gasteiger partial charge in [-0.15, -0.1) is 0 Å². The minimum absolute atomic E-state index is 0.0172. The average Bonchev–Trinajstić information content (AvgIpc) is 2.64. The molecule has 0 aromatic carbocycles. The Hall–Kier alpha value is -1.65. The summed E-state index contributed by atoms with van der Waals surface area (Å²) in [6, 6.07) is 5.10. The van der Waals surface area contributed by atoms with Crippen LogP contribution < -0.4 is 11.3 Å². The monoisotopic (exact) mass is 342 g/mol. The molecule has 0 amide bonds. The van der Waals surface area contributed by atoms with Gasteiger partial charge in [-0.2, -0.15) is 0 Å². The van der Waals surface area contributed by atoms with E-state index in [0.29, 0.717) is 31.1 Å². The zero-order valence-corrected chi connectivity index (χ0v) is 15.1. The van der Waals surface area contributed by atoms with Crippen LogP contribution in [0.15, 0.2) is 53.5 Å². The summed E-state index contributed by atoms with van der Waals surface area (Å²) in [7, 11) is 0. The number of nitrogens with two attached hydrogens (primary N) is 1. The predicted octanol–water partition coefficient (Wildman–Crippen LogP) is 3.30. The van der Waals surface area contributed by atoms with E-state index in [1.807, 2.05) is 6.07 Å². The average molecular weight is 342 g/mol. The molecule has 1 fully saturated rings. The zero-order valence-electron chi connectivity index (χ0n) is 15.1. The van der Waals surface area contributed by atoms with Gasteiger partial charge < -0.3 is 15.0 Å². The van der Waals surface area contributed by atoms with Gasteiger partial charge in [-0.05, 0) is 49.5 Å². The van der Waals surface area contributed by atoms with Crippen molar-refractivity contribution in [3.05, 3.63) is 59.1 Å². The quantitative estimate of drug-likeness (QED) is 0.863. The Morgan fingerprint density at radius 3 is 2.64 bits per heavy atom. The first kappa shape index (κ1) is 18.2. The van der Waals surface area contributed by atoms with Crippen LogP contribution in [0.25, 0.3) is 0 Å². The Morgan fingerprint density at radius 1 is 1.20 bits per heavy atom. The Kier molecular flexibility index (Phi) is 6.27. The molecule has 3 rings (SSSR count). The molecule has 2 aliphatic rings. The van der Waals surface area contributed by atoms with Gasteiger partial charge in [-0.1, -0.05) is 37.3 Å². The number of pyridine rings is 1.